The highest BCUT2D eigenvalue weighted by Gasteiger charge is 2.31. The van der Waals surface area contributed by atoms with Gasteiger partial charge in [0, 0.05) is 23.3 Å². The Morgan fingerprint density at radius 2 is 1.96 bits per heavy atom. The maximum atomic E-state index is 12.4. The van der Waals surface area contributed by atoms with Gasteiger partial charge in [-0.1, -0.05) is 30.0 Å². The lowest BCUT2D eigenvalue weighted by atomic mass is 10.1. The molecule has 1 amide bonds. The van der Waals surface area contributed by atoms with Crippen LogP contribution in [-0.2, 0) is 4.79 Å². The average molecular weight is 362 g/mol. The molecular formula is C20H18N4OS. The van der Waals surface area contributed by atoms with Crippen molar-refractivity contribution < 1.29 is 4.79 Å². The first-order valence-corrected chi connectivity index (χ1v) is 9.16. The molecule has 6 heteroatoms. The zero-order valence-electron chi connectivity index (χ0n) is 14.8. The Balaban J connectivity index is 1.81. The van der Waals surface area contributed by atoms with Crippen LogP contribution in [0.3, 0.4) is 0 Å². The molecule has 0 unspecified atom stereocenters. The Morgan fingerprint density at radius 3 is 2.73 bits per heavy atom. The fourth-order valence-electron chi connectivity index (χ4n) is 3.31. The van der Waals surface area contributed by atoms with Crippen LogP contribution in [0, 0.1) is 26.2 Å². The molecule has 2 aromatic rings. The number of nitrogens with zero attached hydrogens (tertiary/aromatic N) is 3. The van der Waals surface area contributed by atoms with Crippen LogP contribution in [0.4, 0.5) is 0 Å². The summed E-state index contributed by atoms with van der Waals surface area (Å²) in [5.74, 6) is -0.194. The molecule has 26 heavy (non-hydrogen) atoms. The van der Waals surface area contributed by atoms with Gasteiger partial charge < -0.3 is 4.57 Å². The van der Waals surface area contributed by atoms with Crippen molar-refractivity contribution in [3.05, 3.63) is 70.0 Å². The Kier molecular flexibility index (Phi) is 3.92. The van der Waals surface area contributed by atoms with Gasteiger partial charge in [0.1, 0.15) is 5.84 Å². The number of aromatic nitrogens is 1. The predicted octanol–water partition coefficient (Wildman–Crippen LogP) is 4.18. The number of carbonyl (C=O) groups is 1. The lowest BCUT2D eigenvalue weighted by Gasteiger charge is -2.22. The second kappa shape index (κ2) is 6.14. The zero-order chi connectivity index (χ0) is 18.4. The number of aryl methyl sites for hydroxylation is 2. The van der Waals surface area contributed by atoms with Gasteiger partial charge in [0.2, 0.25) is 0 Å². The van der Waals surface area contributed by atoms with Crippen molar-refractivity contribution in [3.8, 4) is 5.69 Å². The smallest absolute Gasteiger partial charge is 0.283 e. The van der Waals surface area contributed by atoms with Crippen molar-refractivity contribution in [2.45, 2.75) is 20.8 Å². The first kappa shape index (κ1) is 16.6. The molecule has 4 rings (SSSR count). The van der Waals surface area contributed by atoms with Gasteiger partial charge in [0.05, 0.1) is 5.57 Å². The summed E-state index contributed by atoms with van der Waals surface area (Å²) in [5.41, 5.74) is 5.66. The monoisotopic (exact) mass is 362 g/mol. The van der Waals surface area contributed by atoms with Crippen LogP contribution in [0.1, 0.15) is 22.5 Å². The van der Waals surface area contributed by atoms with E-state index in [-0.39, 0.29) is 11.7 Å². The SMILES string of the molecule is Cc1ccccc1-n1c(C)cc(/C=C2/C(=N)N3C=CSC3=NC2=O)c1C. The largest absolute Gasteiger partial charge is 0.318 e. The number of carbonyl (C=O) groups excluding carboxylic acids is 1. The first-order chi connectivity index (χ1) is 12.5. The van der Waals surface area contributed by atoms with Gasteiger partial charge in [-0.2, -0.15) is 4.99 Å². The van der Waals surface area contributed by atoms with Crippen molar-refractivity contribution in [2.75, 3.05) is 0 Å². The number of thioether (sulfide) groups is 1. The van der Waals surface area contributed by atoms with E-state index in [4.69, 9.17) is 5.41 Å². The molecule has 0 radical (unpaired) electrons. The van der Waals surface area contributed by atoms with E-state index in [0.717, 1.165) is 22.6 Å². The molecular weight excluding hydrogens is 344 g/mol. The highest BCUT2D eigenvalue weighted by atomic mass is 32.2. The fourth-order valence-corrected chi connectivity index (χ4v) is 4.01. The van der Waals surface area contributed by atoms with E-state index in [2.05, 4.69) is 28.6 Å². The molecule has 0 bridgehead atoms. The fraction of sp³-hybridized carbons (Fsp3) is 0.150. The van der Waals surface area contributed by atoms with E-state index in [1.54, 1.807) is 17.2 Å². The van der Waals surface area contributed by atoms with Crippen LogP contribution in [0.25, 0.3) is 11.8 Å². The van der Waals surface area contributed by atoms with Crippen LogP contribution in [0.2, 0.25) is 0 Å². The summed E-state index contributed by atoms with van der Waals surface area (Å²) < 4.78 is 2.18. The summed E-state index contributed by atoms with van der Waals surface area (Å²) >= 11 is 1.35. The highest BCUT2D eigenvalue weighted by Crippen LogP contribution is 2.29. The molecule has 2 aliphatic rings. The molecule has 5 nitrogen and oxygen atoms in total. The van der Waals surface area contributed by atoms with Crippen LogP contribution >= 0.6 is 11.8 Å². The molecule has 0 atom stereocenters. The predicted molar refractivity (Wildman–Crippen MR) is 107 cm³/mol. The summed E-state index contributed by atoms with van der Waals surface area (Å²) in [6, 6.07) is 10.3. The van der Waals surface area contributed by atoms with E-state index in [1.807, 2.05) is 37.5 Å². The Morgan fingerprint density at radius 1 is 1.19 bits per heavy atom. The minimum Gasteiger partial charge on any atom is -0.318 e. The summed E-state index contributed by atoms with van der Waals surface area (Å²) in [5, 5.41) is 10.7. The van der Waals surface area contributed by atoms with Crippen molar-refractivity contribution in [1.29, 1.82) is 5.41 Å². The van der Waals surface area contributed by atoms with Gasteiger partial charge >= 0.3 is 0 Å². The number of hydrogen-bond acceptors (Lipinski definition) is 3. The summed E-state index contributed by atoms with van der Waals surface area (Å²) in [6.45, 7) is 6.16. The molecule has 0 fully saturated rings. The maximum absolute atomic E-state index is 12.4. The molecule has 0 spiro atoms. The molecule has 1 N–H and O–H groups in total. The third-order valence-corrected chi connectivity index (χ3v) is 5.40. The maximum Gasteiger partial charge on any atom is 0.283 e. The van der Waals surface area contributed by atoms with Gasteiger partial charge in [-0.3, -0.25) is 15.1 Å². The van der Waals surface area contributed by atoms with Gasteiger partial charge in [0.15, 0.2) is 5.17 Å². The lowest BCUT2D eigenvalue weighted by Crippen LogP contribution is -2.35. The third-order valence-electron chi connectivity index (χ3n) is 4.64. The highest BCUT2D eigenvalue weighted by molar-refractivity contribution is 8.16. The summed E-state index contributed by atoms with van der Waals surface area (Å²) in [7, 11) is 0. The number of aliphatic imine (C=N–C) groups is 1. The second-order valence-corrected chi connectivity index (χ2v) is 7.20. The number of amides is 1. The van der Waals surface area contributed by atoms with Crippen molar-refractivity contribution in [1.82, 2.24) is 9.47 Å². The molecule has 2 aliphatic heterocycles. The van der Waals surface area contributed by atoms with E-state index >= 15 is 0 Å². The average Bonchev–Trinajstić information content (AvgIpc) is 3.17. The quantitative estimate of drug-likeness (QED) is 0.815. The van der Waals surface area contributed by atoms with Crippen LogP contribution < -0.4 is 0 Å². The van der Waals surface area contributed by atoms with Gasteiger partial charge in [-0.05, 0) is 55.5 Å². The number of rotatable bonds is 2. The number of fused-ring (bicyclic) bond motifs is 1. The number of para-hydroxylation sites is 1. The minimum absolute atomic E-state index is 0.168. The first-order valence-electron chi connectivity index (χ1n) is 8.28. The number of amidine groups is 2. The van der Waals surface area contributed by atoms with Crippen molar-refractivity contribution in [2.24, 2.45) is 4.99 Å². The molecule has 1 aromatic heterocycles. The van der Waals surface area contributed by atoms with E-state index in [0.29, 0.717) is 10.7 Å². The Hall–Kier alpha value is -2.86. The molecule has 0 aliphatic carbocycles. The molecule has 130 valence electrons. The van der Waals surface area contributed by atoms with Crippen molar-refractivity contribution >= 4 is 34.7 Å². The topological polar surface area (TPSA) is 61.5 Å². The summed E-state index contributed by atoms with van der Waals surface area (Å²) in [4.78, 5) is 18.1. The van der Waals surface area contributed by atoms with Gasteiger partial charge in [-0.15, -0.1) is 0 Å². The Bertz CT molecular complexity index is 1040. The molecule has 3 heterocycles. The van der Waals surface area contributed by atoms with E-state index in [9.17, 15) is 4.79 Å². The molecule has 0 saturated carbocycles. The zero-order valence-corrected chi connectivity index (χ0v) is 15.6. The Labute approximate surface area is 156 Å². The van der Waals surface area contributed by atoms with Crippen LogP contribution in [0.15, 0.2) is 52.5 Å². The van der Waals surface area contributed by atoms with Crippen molar-refractivity contribution in [3.63, 3.8) is 0 Å². The number of hydrogen-bond donors (Lipinski definition) is 1. The third kappa shape index (κ3) is 2.54. The standard InChI is InChI=1S/C20H18N4OS/c1-12-6-4-5-7-17(12)24-13(2)10-15(14(24)3)11-16-18(21)23-8-9-26-20(23)22-19(16)25/h4-11,21H,1-3H3/b16-11-,21-18?. The number of nitrogens with one attached hydrogen (secondary N) is 1. The minimum atomic E-state index is -0.363. The van der Waals surface area contributed by atoms with Gasteiger partial charge in [0.25, 0.3) is 5.91 Å². The van der Waals surface area contributed by atoms with E-state index < -0.39 is 0 Å². The summed E-state index contributed by atoms with van der Waals surface area (Å²) in [6.07, 6.45) is 3.54. The normalized spacial score (nSPS) is 17.9. The lowest BCUT2D eigenvalue weighted by molar-refractivity contribution is -0.114. The van der Waals surface area contributed by atoms with Gasteiger partial charge in [-0.25, -0.2) is 0 Å². The van der Waals surface area contributed by atoms with E-state index in [1.165, 1.54) is 17.3 Å². The van der Waals surface area contributed by atoms with Crippen LogP contribution in [-0.4, -0.2) is 26.4 Å². The second-order valence-electron chi connectivity index (χ2n) is 6.33. The van der Waals surface area contributed by atoms with Crippen LogP contribution in [0.5, 0.6) is 0 Å². The number of benzene rings is 1. The molecule has 0 saturated heterocycles. The molecule has 1 aromatic carbocycles.